The molecule has 0 radical (unpaired) electrons. The molecule has 7 nitrogen and oxygen atoms in total. The number of H-pyrrole nitrogens is 1. The second kappa shape index (κ2) is 7.40. The van der Waals surface area contributed by atoms with Gasteiger partial charge in [-0.25, -0.2) is 4.98 Å². The van der Waals surface area contributed by atoms with Crippen molar-refractivity contribution in [1.29, 1.82) is 0 Å². The van der Waals surface area contributed by atoms with Crippen molar-refractivity contribution < 1.29 is 4.79 Å². The van der Waals surface area contributed by atoms with Gasteiger partial charge in [-0.15, -0.1) is 0 Å². The summed E-state index contributed by atoms with van der Waals surface area (Å²) in [5, 5.41) is 9.98. The molecule has 2 heterocycles. The monoisotopic (exact) mass is 392 g/mol. The third-order valence-corrected chi connectivity index (χ3v) is 5.00. The lowest BCUT2D eigenvalue weighted by Gasteiger charge is -2.09. The number of carbonyl (C=O) groups is 1. The van der Waals surface area contributed by atoms with Gasteiger partial charge < -0.3 is 9.88 Å². The van der Waals surface area contributed by atoms with Gasteiger partial charge in [-0.1, -0.05) is 42.0 Å². The Bertz CT molecular complexity index is 1200. The van der Waals surface area contributed by atoms with E-state index in [2.05, 4.69) is 20.5 Å². The van der Waals surface area contributed by atoms with Crippen LogP contribution in [0.5, 0.6) is 0 Å². The van der Waals surface area contributed by atoms with Crippen LogP contribution in [0.4, 0.5) is 0 Å². The number of para-hydroxylation sites is 2. The maximum absolute atomic E-state index is 12.5. The zero-order valence-corrected chi connectivity index (χ0v) is 16.5. The lowest BCUT2D eigenvalue weighted by molar-refractivity contribution is -0.121. The van der Waals surface area contributed by atoms with E-state index in [1.807, 2.05) is 67.1 Å². The molecule has 2 aromatic carbocycles. The van der Waals surface area contributed by atoms with Crippen molar-refractivity contribution in [1.82, 2.24) is 29.6 Å². The summed E-state index contributed by atoms with van der Waals surface area (Å²) in [5.41, 5.74) is 4.00. The summed E-state index contributed by atoms with van der Waals surface area (Å²) in [6, 6.07) is 15.8. The molecule has 0 unspecified atom stereocenters. The molecular weight excluding hydrogens is 372 g/mol. The van der Waals surface area contributed by atoms with Gasteiger partial charge in [-0.2, -0.15) is 5.10 Å². The first-order chi connectivity index (χ1) is 13.5. The number of carbonyl (C=O) groups excluding carboxylic acids is 1. The number of aromatic amines is 1. The minimum atomic E-state index is -0.155. The summed E-state index contributed by atoms with van der Waals surface area (Å²) < 4.78 is 4.09. The Balaban J connectivity index is 1.50. The fourth-order valence-electron chi connectivity index (χ4n) is 3.12. The van der Waals surface area contributed by atoms with Crippen LogP contribution in [-0.2, 0) is 24.9 Å². The second-order valence-electron chi connectivity index (χ2n) is 6.66. The average molecular weight is 392 g/mol. The third kappa shape index (κ3) is 3.46. The summed E-state index contributed by atoms with van der Waals surface area (Å²) in [7, 11) is 1.94. The Labute approximate surface area is 167 Å². The van der Waals surface area contributed by atoms with Gasteiger partial charge in [0.25, 0.3) is 0 Å². The first kappa shape index (κ1) is 18.1. The van der Waals surface area contributed by atoms with E-state index in [9.17, 15) is 4.79 Å². The van der Waals surface area contributed by atoms with Crippen molar-refractivity contribution in [2.45, 2.75) is 20.0 Å². The lowest BCUT2D eigenvalue weighted by atomic mass is 10.1. The van der Waals surface area contributed by atoms with E-state index in [1.165, 1.54) is 0 Å². The van der Waals surface area contributed by atoms with Crippen molar-refractivity contribution in [3.8, 4) is 11.4 Å². The average Bonchev–Trinajstić information content (AvgIpc) is 3.21. The van der Waals surface area contributed by atoms with Gasteiger partial charge >= 0.3 is 0 Å². The molecule has 0 saturated carbocycles. The smallest absolute Gasteiger partial charge is 0.240 e. The zero-order chi connectivity index (χ0) is 19.7. The van der Waals surface area contributed by atoms with Crippen LogP contribution < -0.4 is 5.32 Å². The molecule has 0 bridgehead atoms. The zero-order valence-electron chi connectivity index (χ0n) is 15.6. The first-order valence-corrected chi connectivity index (χ1v) is 9.33. The normalized spacial score (nSPS) is 11.1. The molecule has 2 aromatic heterocycles. The van der Waals surface area contributed by atoms with Crippen LogP contribution >= 0.6 is 12.2 Å². The Kier molecular flexibility index (Phi) is 4.79. The predicted octanol–water partition coefficient (Wildman–Crippen LogP) is 3.12. The number of nitrogens with zero attached hydrogens (tertiary/aromatic N) is 4. The van der Waals surface area contributed by atoms with Crippen LogP contribution in [0, 0.1) is 11.7 Å². The van der Waals surface area contributed by atoms with Crippen LogP contribution in [-0.4, -0.2) is 30.2 Å². The van der Waals surface area contributed by atoms with Crippen LogP contribution in [0.3, 0.4) is 0 Å². The highest BCUT2D eigenvalue weighted by molar-refractivity contribution is 7.71. The van der Waals surface area contributed by atoms with E-state index in [-0.39, 0.29) is 12.5 Å². The van der Waals surface area contributed by atoms with E-state index in [4.69, 9.17) is 12.2 Å². The van der Waals surface area contributed by atoms with Crippen LogP contribution in [0.1, 0.15) is 11.4 Å². The molecule has 142 valence electrons. The number of nitrogens with one attached hydrogen (secondary N) is 2. The summed E-state index contributed by atoms with van der Waals surface area (Å²) in [4.78, 5) is 17.1. The number of amides is 1. The number of aryl methyl sites for hydroxylation is 2. The number of hydrogen-bond acceptors (Lipinski definition) is 4. The first-order valence-electron chi connectivity index (χ1n) is 8.92. The Morgan fingerprint density at radius 2 is 1.93 bits per heavy atom. The van der Waals surface area contributed by atoms with Crippen molar-refractivity contribution in [3.05, 3.63) is 64.7 Å². The van der Waals surface area contributed by atoms with Gasteiger partial charge in [0.15, 0.2) is 10.6 Å². The van der Waals surface area contributed by atoms with E-state index in [1.54, 1.807) is 4.57 Å². The van der Waals surface area contributed by atoms with Gasteiger partial charge in [0.2, 0.25) is 5.91 Å². The lowest BCUT2D eigenvalue weighted by Crippen LogP contribution is -2.28. The third-order valence-electron chi connectivity index (χ3n) is 4.69. The van der Waals surface area contributed by atoms with Crippen molar-refractivity contribution in [2.75, 3.05) is 0 Å². The topological polar surface area (TPSA) is 80.5 Å². The van der Waals surface area contributed by atoms with Gasteiger partial charge in [-0.3, -0.25) is 14.5 Å². The molecule has 0 aliphatic rings. The molecule has 0 fully saturated rings. The molecule has 8 heteroatoms. The molecule has 4 aromatic rings. The Morgan fingerprint density at radius 3 is 2.68 bits per heavy atom. The summed E-state index contributed by atoms with van der Waals surface area (Å²) >= 11 is 5.31. The molecule has 0 spiro atoms. The number of imidazole rings is 1. The number of hydrogen-bond donors (Lipinski definition) is 2. The van der Waals surface area contributed by atoms with Gasteiger partial charge in [0.05, 0.1) is 17.6 Å². The fraction of sp³-hybridized carbons (Fsp3) is 0.200. The van der Waals surface area contributed by atoms with E-state index in [0.717, 1.165) is 28.0 Å². The number of benzene rings is 2. The van der Waals surface area contributed by atoms with Crippen molar-refractivity contribution >= 4 is 29.2 Å². The molecule has 28 heavy (non-hydrogen) atoms. The van der Waals surface area contributed by atoms with E-state index in [0.29, 0.717) is 17.1 Å². The molecule has 1 amide bonds. The summed E-state index contributed by atoms with van der Waals surface area (Å²) in [6.45, 7) is 2.45. The van der Waals surface area contributed by atoms with Gasteiger partial charge in [0, 0.05) is 12.6 Å². The summed E-state index contributed by atoms with van der Waals surface area (Å²) in [5.74, 6) is 1.28. The number of aromatic nitrogens is 5. The van der Waals surface area contributed by atoms with E-state index < -0.39 is 0 Å². The number of fused-ring (bicyclic) bond motifs is 1. The maximum atomic E-state index is 12.5. The molecule has 0 aliphatic heterocycles. The number of rotatable bonds is 5. The molecule has 0 saturated heterocycles. The highest BCUT2D eigenvalue weighted by Gasteiger charge is 2.13. The van der Waals surface area contributed by atoms with E-state index >= 15 is 0 Å². The molecular formula is C20H20N6OS. The standard InChI is InChI=1S/C20H20N6OS/c1-13-7-9-14(10-8-13)19-23-24-20(28)26(19)12-18(27)21-11-17-22-15-5-3-4-6-16(15)25(17)2/h3-10H,11-12H2,1-2H3,(H,21,27)(H,24,28). The quantitative estimate of drug-likeness (QED) is 0.512. The molecule has 0 aliphatic carbocycles. The van der Waals surface area contributed by atoms with Gasteiger partial charge in [-0.05, 0) is 31.3 Å². The molecule has 4 rings (SSSR count). The second-order valence-corrected chi connectivity index (χ2v) is 7.04. The van der Waals surface area contributed by atoms with Gasteiger partial charge in [0.1, 0.15) is 12.4 Å². The highest BCUT2D eigenvalue weighted by Crippen LogP contribution is 2.18. The molecule has 2 N–H and O–H groups in total. The minimum Gasteiger partial charge on any atom is -0.347 e. The Hall–Kier alpha value is -3.26. The Morgan fingerprint density at radius 1 is 1.18 bits per heavy atom. The van der Waals surface area contributed by atoms with Crippen LogP contribution in [0.2, 0.25) is 0 Å². The minimum absolute atomic E-state index is 0.0858. The predicted molar refractivity (Wildman–Crippen MR) is 110 cm³/mol. The largest absolute Gasteiger partial charge is 0.347 e. The molecule has 0 atom stereocenters. The van der Waals surface area contributed by atoms with Crippen LogP contribution in [0.15, 0.2) is 48.5 Å². The van der Waals surface area contributed by atoms with Crippen LogP contribution in [0.25, 0.3) is 22.4 Å². The van der Waals surface area contributed by atoms with Crippen molar-refractivity contribution in [3.63, 3.8) is 0 Å². The SMILES string of the molecule is Cc1ccc(-c2n[nH]c(=S)n2CC(=O)NCc2nc3ccccc3n2C)cc1. The maximum Gasteiger partial charge on any atom is 0.240 e. The van der Waals surface area contributed by atoms with Crippen molar-refractivity contribution in [2.24, 2.45) is 7.05 Å². The fourth-order valence-corrected chi connectivity index (χ4v) is 3.31. The summed E-state index contributed by atoms with van der Waals surface area (Å²) in [6.07, 6.45) is 0. The highest BCUT2D eigenvalue weighted by atomic mass is 32.1.